The predicted octanol–water partition coefficient (Wildman–Crippen LogP) is 12.5. The van der Waals surface area contributed by atoms with Gasteiger partial charge in [-0.15, -0.1) is 0 Å². The summed E-state index contributed by atoms with van der Waals surface area (Å²) >= 11 is 0. The lowest BCUT2D eigenvalue weighted by atomic mass is 10.0. The fourth-order valence-electron chi connectivity index (χ4n) is 5.96. The molecule has 0 saturated heterocycles. The molecule has 0 saturated carbocycles. The van der Waals surface area contributed by atoms with E-state index < -0.39 is 6.10 Å². The van der Waals surface area contributed by atoms with Crippen LogP contribution >= 0.6 is 0 Å². The fourth-order valence-corrected chi connectivity index (χ4v) is 5.96. The largest absolute Gasteiger partial charge is 0.462 e. The van der Waals surface area contributed by atoms with Gasteiger partial charge in [0, 0.05) is 12.8 Å². The van der Waals surface area contributed by atoms with E-state index in [1.54, 1.807) is 0 Å². The molecule has 1 atom stereocenters. The third-order valence-corrected chi connectivity index (χ3v) is 9.06. The third kappa shape index (κ3) is 35.5. The Morgan fingerprint density at radius 1 is 0.478 bits per heavy atom. The van der Waals surface area contributed by atoms with E-state index in [-0.39, 0.29) is 25.2 Å². The molecule has 1 N–H and O–H groups in total. The van der Waals surface area contributed by atoms with Gasteiger partial charge in [0.05, 0.1) is 6.61 Å². The van der Waals surface area contributed by atoms with Gasteiger partial charge < -0.3 is 14.6 Å². The van der Waals surface area contributed by atoms with Crippen LogP contribution in [0.15, 0.2) is 12.2 Å². The van der Waals surface area contributed by atoms with Gasteiger partial charge in [0.2, 0.25) is 0 Å². The molecule has 46 heavy (non-hydrogen) atoms. The topological polar surface area (TPSA) is 72.8 Å². The normalized spacial score (nSPS) is 12.2. The van der Waals surface area contributed by atoms with Gasteiger partial charge in [0.25, 0.3) is 0 Å². The smallest absolute Gasteiger partial charge is 0.306 e. The lowest BCUT2D eigenvalue weighted by Gasteiger charge is -2.15. The van der Waals surface area contributed by atoms with Gasteiger partial charge in [-0.2, -0.15) is 0 Å². The molecule has 272 valence electrons. The molecule has 5 nitrogen and oxygen atoms in total. The van der Waals surface area contributed by atoms with Crippen LogP contribution in [0.3, 0.4) is 0 Å². The van der Waals surface area contributed by atoms with Gasteiger partial charge in [-0.05, 0) is 38.5 Å². The maximum absolute atomic E-state index is 12.2. The number of aliphatic hydroxyl groups is 1. The summed E-state index contributed by atoms with van der Waals surface area (Å²) in [6.45, 7) is 4.14. The molecule has 0 aromatic heterocycles. The van der Waals surface area contributed by atoms with E-state index in [0.29, 0.717) is 12.8 Å². The van der Waals surface area contributed by atoms with Crippen molar-refractivity contribution in [3.05, 3.63) is 12.2 Å². The Morgan fingerprint density at radius 2 is 0.804 bits per heavy atom. The van der Waals surface area contributed by atoms with Crippen LogP contribution in [0.5, 0.6) is 0 Å². The number of ether oxygens (including phenoxy) is 2. The lowest BCUT2D eigenvalue weighted by molar-refractivity contribution is -0.161. The summed E-state index contributed by atoms with van der Waals surface area (Å²) in [7, 11) is 0. The molecule has 0 amide bonds. The van der Waals surface area contributed by atoms with E-state index >= 15 is 0 Å². The average molecular weight is 651 g/mol. The third-order valence-electron chi connectivity index (χ3n) is 9.06. The van der Waals surface area contributed by atoms with Gasteiger partial charge in [0.1, 0.15) is 6.61 Å². The summed E-state index contributed by atoms with van der Waals surface area (Å²) in [6.07, 6.45) is 42.7. The molecule has 0 aliphatic rings. The highest BCUT2D eigenvalue weighted by Crippen LogP contribution is 2.15. The zero-order chi connectivity index (χ0) is 33.6. The second kappa shape index (κ2) is 38.1. The van der Waals surface area contributed by atoms with E-state index in [0.717, 1.165) is 38.5 Å². The van der Waals surface area contributed by atoms with Crippen LogP contribution in [0.1, 0.15) is 219 Å². The molecule has 0 spiro atoms. The Morgan fingerprint density at radius 3 is 1.17 bits per heavy atom. The van der Waals surface area contributed by atoms with Gasteiger partial charge in [-0.3, -0.25) is 9.59 Å². The van der Waals surface area contributed by atoms with E-state index in [1.165, 1.54) is 154 Å². The van der Waals surface area contributed by atoms with E-state index in [1.807, 2.05) is 0 Å². The van der Waals surface area contributed by atoms with Crippen LogP contribution in [0.2, 0.25) is 0 Å². The van der Waals surface area contributed by atoms with Crippen molar-refractivity contribution in [3.8, 4) is 0 Å². The van der Waals surface area contributed by atoms with Crippen LogP contribution in [0, 0.1) is 0 Å². The van der Waals surface area contributed by atoms with Crippen LogP contribution in [-0.2, 0) is 19.1 Å². The minimum atomic E-state index is -0.768. The Kier molecular flexibility index (Phi) is 37.0. The Hall–Kier alpha value is -1.36. The number of carbonyl (C=O) groups excluding carboxylic acids is 2. The number of allylic oxidation sites excluding steroid dienone is 2. The van der Waals surface area contributed by atoms with Crippen molar-refractivity contribution in [2.75, 3.05) is 13.2 Å². The highest BCUT2D eigenvalue weighted by atomic mass is 16.6. The predicted molar refractivity (Wildman–Crippen MR) is 196 cm³/mol. The van der Waals surface area contributed by atoms with Crippen LogP contribution in [0.4, 0.5) is 0 Å². The van der Waals surface area contributed by atoms with Gasteiger partial charge in [-0.1, -0.05) is 180 Å². The molecule has 5 heteroatoms. The van der Waals surface area contributed by atoms with Crippen LogP contribution in [-0.4, -0.2) is 36.4 Å². The van der Waals surface area contributed by atoms with Crippen molar-refractivity contribution >= 4 is 11.9 Å². The molecular formula is C41H78O5. The molecule has 0 rings (SSSR count). The summed E-state index contributed by atoms with van der Waals surface area (Å²) < 4.78 is 10.6. The minimum Gasteiger partial charge on any atom is -0.462 e. The van der Waals surface area contributed by atoms with Crippen molar-refractivity contribution in [2.24, 2.45) is 0 Å². The standard InChI is InChI=1S/C41H78O5/c1-3-5-7-9-11-13-15-17-19-20-22-23-25-27-29-31-33-35-40(43)45-38-39(37-42)46-41(44)36-34-32-30-28-26-24-21-18-16-14-12-10-8-6-4-2/h18,21,39,42H,3-17,19-20,22-38H2,1-2H3. The summed E-state index contributed by atoms with van der Waals surface area (Å²) in [6, 6.07) is 0. The molecule has 1 unspecified atom stereocenters. The number of esters is 2. The van der Waals surface area contributed by atoms with E-state index in [4.69, 9.17) is 9.47 Å². The van der Waals surface area contributed by atoms with Crippen molar-refractivity contribution in [1.82, 2.24) is 0 Å². The number of hydrogen-bond acceptors (Lipinski definition) is 5. The lowest BCUT2D eigenvalue weighted by Crippen LogP contribution is -2.28. The van der Waals surface area contributed by atoms with E-state index in [2.05, 4.69) is 26.0 Å². The highest BCUT2D eigenvalue weighted by Gasteiger charge is 2.16. The molecular weight excluding hydrogens is 572 g/mol. The minimum absolute atomic E-state index is 0.0631. The van der Waals surface area contributed by atoms with Gasteiger partial charge in [0.15, 0.2) is 6.10 Å². The van der Waals surface area contributed by atoms with Gasteiger partial charge >= 0.3 is 11.9 Å². The Balaban J connectivity index is 3.51. The first-order valence-electron chi connectivity index (χ1n) is 20.2. The Bertz CT molecular complexity index is 661. The number of rotatable bonds is 37. The molecule has 0 radical (unpaired) electrons. The first kappa shape index (κ1) is 44.6. The van der Waals surface area contributed by atoms with Crippen molar-refractivity contribution < 1.29 is 24.2 Å². The SMILES string of the molecule is CCCCCCCCC=CCCCCCCCC(=O)OC(CO)COC(=O)CCCCCCCCCCCCCCCCCCC. The zero-order valence-corrected chi connectivity index (χ0v) is 30.9. The fraction of sp³-hybridized carbons (Fsp3) is 0.902. The van der Waals surface area contributed by atoms with Crippen molar-refractivity contribution in [3.63, 3.8) is 0 Å². The first-order chi connectivity index (χ1) is 22.6. The molecule has 0 aromatic rings. The molecule has 0 heterocycles. The van der Waals surface area contributed by atoms with Crippen molar-refractivity contribution in [1.29, 1.82) is 0 Å². The number of carbonyl (C=O) groups is 2. The Labute approximate surface area is 286 Å². The molecule has 0 aliphatic heterocycles. The first-order valence-corrected chi connectivity index (χ1v) is 20.2. The van der Waals surface area contributed by atoms with Crippen LogP contribution in [0.25, 0.3) is 0 Å². The summed E-state index contributed by atoms with van der Waals surface area (Å²) in [5.41, 5.74) is 0. The second-order valence-corrected chi connectivity index (χ2v) is 13.7. The van der Waals surface area contributed by atoms with Gasteiger partial charge in [-0.25, -0.2) is 0 Å². The summed E-state index contributed by atoms with van der Waals surface area (Å²) in [4.78, 5) is 24.2. The molecule has 0 aromatic carbocycles. The quantitative estimate of drug-likeness (QED) is 0.0411. The summed E-state index contributed by atoms with van der Waals surface area (Å²) in [5, 5.41) is 9.55. The maximum atomic E-state index is 12.2. The number of aliphatic hydroxyl groups excluding tert-OH is 1. The molecule has 0 fully saturated rings. The highest BCUT2D eigenvalue weighted by molar-refractivity contribution is 5.70. The summed E-state index contributed by atoms with van der Waals surface area (Å²) in [5.74, 6) is -0.589. The monoisotopic (exact) mass is 651 g/mol. The molecule has 0 bridgehead atoms. The van der Waals surface area contributed by atoms with Crippen LogP contribution < -0.4 is 0 Å². The number of hydrogen-bond donors (Lipinski definition) is 1. The molecule has 0 aliphatic carbocycles. The van der Waals surface area contributed by atoms with E-state index in [9.17, 15) is 14.7 Å². The second-order valence-electron chi connectivity index (χ2n) is 13.7. The zero-order valence-electron chi connectivity index (χ0n) is 30.9. The average Bonchev–Trinajstić information content (AvgIpc) is 3.06. The maximum Gasteiger partial charge on any atom is 0.306 e. The van der Waals surface area contributed by atoms with Crippen molar-refractivity contribution in [2.45, 2.75) is 225 Å². The number of unbranched alkanes of at least 4 members (excludes halogenated alkanes) is 27.